The summed E-state index contributed by atoms with van der Waals surface area (Å²) < 4.78 is 5.77. The van der Waals surface area contributed by atoms with Gasteiger partial charge in [-0.2, -0.15) is 0 Å². The van der Waals surface area contributed by atoms with E-state index in [9.17, 15) is 20.4 Å². The maximum absolute atomic E-state index is 10.0. The minimum absolute atomic E-state index is 0.0548. The second kappa shape index (κ2) is 5.49. The number of benzene rings is 3. The number of aromatic hydroxyl groups is 4. The van der Waals surface area contributed by atoms with Crippen LogP contribution in [0.5, 0.6) is 23.0 Å². The standard InChI is InChI=1S/C20H14O5/c21-14-7-13(8-15(22)10-14)19-9-12-6-11(4-5-18(12)25-19)16-2-1-3-17(23)20(16)24/h1-10,21-24H. The van der Waals surface area contributed by atoms with Crippen molar-refractivity contribution in [3.63, 3.8) is 0 Å². The van der Waals surface area contributed by atoms with Gasteiger partial charge in [-0.15, -0.1) is 0 Å². The number of para-hydroxylation sites is 1. The molecule has 5 heteroatoms. The average molecular weight is 334 g/mol. The summed E-state index contributed by atoms with van der Waals surface area (Å²) in [4.78, 5) is 0. The number of fused-ring (bicyclic) bond motifs is 1. The van der Waals surface area contributed by atoms with Crippen LogP contribution in [0.4, 0.5) is 0 Å². The van der Waals surface area contributed by atoms with Gasteiger partial charge in [0, 0.05) is 22.6 Å². The molecular weight excluding hydrogens is 320 g/mol. The zero-order chi connectivity index (χ0) is 17.6. The minimum Gasteiger partial charge on any atom is -0.508 e. The number of hydrogen-bond donors (Lipinski definition) is 4. The molecule has 5 nitrogen and oxygen atoms in total. The highest BCUT2D eigenvalue weighted by molar-refractivity contribution is 5.88. The molecule has 25 heavy (non-hydrogen) atoms. The van der Waals surface area contributed by atoms with Gasteiger partial charge in [-0.05, 0) is 42.0 Å². The number of phenols is 4. The van der Waals surface area contributed by atoms with E-state index < -0.39 is 0 Å². The number of furan rings is 1. The predicted molar refractivity (Wildman–Crippen MR) is 93.7 cm³/mol. The number of phenolic OH excluding ortho intramolecular Hbond substituents is 4. The predicted octanol–water partition coefficient (Wildman–Crippen LogP) is 4.59. The molecular formula is C20H14O5. The van der Waals surface area contributed by atoms with Gasteiger partial charge in [0.2, 0.25) is 0 Å². The van der Waals surface area contributed by atoms with Crippen LogP contribution < -0.4 is 0 Å². The quantitative estimate of drug-likeness (QED) is 0.402. The molecule has 0 spiro atoms. The summed E-state index contributed by atoms with van der Waals surface area (Å²) in [7, 11) is 0. The summed E-state index contributed by atoms with van der Waals surface area (Å²) in [5.41, 5.74) is 2.42. The van der Waals surface area contributed by atoms with Crippen LogP contribution in [0, 0.1) is 0 Å². The van der Waals surface area contributed by atoms with Crippen LogP contribution in [0.25, 0.3) is 33.4 Å². The molecule has 0 aliphatic carbocycles. The van der Waals surface area contributed by atoms with Crippen LogP contribution in [0.2, 0.25) is 0 Å². The van der Waals surface area contributed by atoms with E-state index in [4.69, 9.17) is 4.42 Å². The Balaban J connectivity index is 1.83. The van der Waals surface area contributed by atoms with E-state index in [1.165, 1.54) is 24.3 Å². The molecule has 0 saturated carbocycles. The number of hydrogen-bond acceptors (Lipinski definition) is 5. The van der Waals surface area contributed by atoms with E-state index in [1.807, 2.05) is 6.07 Å². The average Bonchev–Trinajstić information content (AvgIpc) is 3.00. The second-order valence-corrected chi connectivity index (χ2v) is 5.77. The third kappa shape index (κ3) is 2.61. The van der Waals surface area contributed by atoms with Gasteiger partial charge in [0.05, 0.1) is 0 Å². The van der Waals surface area contributed by atoms with E-state index in [0.717, 1.165) is 10.9 Å². The first-order chi connectivity index (χ1) is 12.0. The minimum atomic E-state index is -0.180. The molecule has 0 radical (unpaired) electrons. The fourth-order valence-electron chi connectivity index (χ4n) is 2.85. The monoisotopic (exact) mass is 334 g/mol. The van der Waals surface area contributed by atoms with Crippen molar-refractivity contribution in [1.29, 1.82) is 0 Å². The van der Waals surface area contributed by atoms with Crippen LogP contribution in [-0.2, 0) is 0 Å². The van der Waals surface area contributed by atoms with Gasteiger partial charge in [0.25, 0.3) is 0 Å². The molecule has 0 bridgehead atoms. The second-order valence-electron chi connectivity index (χ2n) is 5.77. The molecule has 1 aromatic heterocycles. The van der Waals surface area contributed by atoms with Crippen molar-refractivity contribution in [2.24, 2.45) is 0 Å². The fourth-order valence-corrected chi connectivity index (χ4v) is 2.85. The largest absolute Gasteiger partial charge is 0.508 e. The summed E-state index contributed by atoms with van der Waals surface area (Å²) in [5, 5.41) is 39.7. The van der Waals surface area contributed by atoms with Gasteiger partial charge in [-0.1, -0.05) is 18.2 Å². The van der Waals surface area contributed by atoms with Gasteiger partial charge in [-0.25, -0.2) is 0 Å². The molecule has 0 unspecified atom stereocenters. The molecule has 0 atom stereocenters. The summed E-state index contributed by atoms with van der Waals surface area (Å²) in [6.07, 6.45) is 0. The Morgan fingerprint density at radius 2 is 1.44 bits per heavy atom. The van der Waals surface area contributed by atoms with Crippen molar-refractivity contribution >= 4 is 11.0 Å². The van der Waals surface area contributed by atoms with E-state index >= 15 is 0 Å². The summed E-state index contributed by atoms with van der Waals surface area (Å²) in [6.45, 7) is 0. The third-order valence-corrected chi connectivity index (χ3v) is 4.03. The lowest BCUT2D eigenvalue weighted by Crippen LogP contribution is -1.79. The maximum Gasteiger partial charge on any atom is 0.165 e. The molecule has 4 aromatic rings. The normalized spacial score (nSPS) is 11.0. The molecule has 4 N–H and O–H groups in total. The van der Waals surface area contributed by atoms with Crippen LogP contribution in [-0.4, -0.2) is 20.4 Å². The van der Waals surface area contributed by atoms with Crippen molar-refractivity contribution in [1.82, 2.24) is 0 Å². The summed E-state index contributed by atoms with van der Waals surface area (Å²) >= 11 is 0. The molecule has 3 aromatic carbocycles. The Labute approximate surface area is 142 Å². The van der Waals surface area contributed by atoms with E-state index in [1.54, 1.807) is 30.3 Å². The zero-order valence-electron chi connectivity index (χ0n) is 13.0. The SMILES string of the molecule is Oc1cc(O)cc(-c2cc3cc(-c4cccc(O)c4O)ccc3o2)c1. The van der Waals surface area contributed by atoms with Crippen LogP contribution in [0.3, 0.4) is 0 Å². The maximum atomic E-state index is 10.0. The van der Waals surface area contributed by atoms with E-state index in [0.29, 0.717) is 22.5 Å². The molecule has 0 fully saturated rings. The van der Waals surface area contributed by atoms with Crippen molar-refractivity contribution in [2.45, 2.75) is 0 Å². The van der Waals surface area contributed by atoms with E-state index in [2.05, 4.69) is 0 Å². The Morgan fingerprint density at radius 1 is 0.680 bits per heavy atom. The van der Waals surface area contributed by atoms with Crippen LogP contribution >= 0.6 is 0 Å². The molecule has 0 aliphatic rings. The zero-order valence-corrected chi connectivity index (χ0v) is 13.0. The number of rotatable bonds is 2. The highest BCUT2D eigenvalue weighted by Crippen LogP contribution is 2.38. The van der Waals surface area contributed by atoms with Gasteiger partial charge in [0.15, 0.2) is 11.5 Å². The van der Waals surface area contributed by atoms with Crippen LogP contribution in [0.1, 0.15) is 0 Å². The lowest BCUT2D eigenvalue weighted by Gasteiger charge is -2.06. The lowest BCUT2D eigenvalue weighted by molar-refractivity contribution is 0.405. The van der Waals surface area contributed by atoms with Crippen molar-refractivity contribution in [2.75, 3.05) is 0 Å². The molecule has 124 valence electrons. The first-order valence-electron chi connectivity index (χ1n) is 7.59. The van der Waals surface area contributed by atoms with Gasteiger partial charge >= 0.3 is 0 Å². The summed E-state index contributed by atoms with van der Waals surface area (Å²) in [5.74, 6) is 0.0318. The highest BCUT2D eigenvalue weighted by atomic mass is 16.3. The first kappa shape index (κ1) is 15.0. The third-order valence-electron chi connectivity index (χ3n) is 4.03. The Kier molecular flexibility index (Phi) is 3.28. The van der Waals surface area contributed by atoms with Crippen molar-refractivity contribution in [3.05, 3.63) is 60.7 Å². The molecule has 0 saturated heterocycles. The Morgan fingerprint density at radius 3 is 2.20 bits per heavy atom. The van der Waals surface area contributed by atoms with Crippen LogP contribution in [0.15, 0.2) is 65.1 Å². The smallest absolute Gasteiger partial charge is 0.165 e. The molecule has 0 amide bonds. The fraction of sp³-hybridized carbons (Fsp3) is 0. The Bertz CT molecular complexity index is 1070. The van der Waals surface area contributed by atoms with Crippen molar-refractivity contribution < 1.29 is 24.8 Å². The molecule has 0 aliphatic heterocycles. The topological polar surface area (TPSA) is 94.1 Å². The van der Waals surface area contributed by atoms with Gasteiger partial charge in [0.1, 0.15) is 22.8 Å². The highest BCUT2D eigenvalue weighted by Gasteiger charge is 2.12. The Hall–Kier alpha value is -3.60. The lowest BCUT2D eigenvalue weighted by atomic mass is 10.0. The van der Waals surface area contributed by atoms with Gasteiger partial charge in [-0.3, -0.25) is 0 Å². The summed E-state index contributed by atoms with van der Waals surface area (Å²) in [6, 6.07) is 16.2. The molecule has 4 rings (SSSR count). The van der Waals surface area contributed by atoms with Gasteiger partial charge < -0.3 is 24.8 Å². The first-order valence-corrected chi connectivity index (χ1v) is 7.59. The van der Waals surface area contributed by atoms with Crippen molar-refractivity contribution in [3.8, 4) is 45.4 Å². The molecule has 1 heterocycles. The van der Waals surface area contributed by atoms with E-state index in [-0.39, 0.29) is 23.0 Å².